The molecule has 0 saturated carbocycles. The van der Waals surface area contributed by atoms with E-state index in [0.29, 0.717) is 0 Å². The molecule has 0 amide bonds. The number of fused-ring (bicyclic) bond motifs is 5. The molecule has 1 aromatic heterocycles. The molecule has 10 aromatic rings. The Morgan fingerprint density at radius 1 is 0.346 bits per heavy atom. The summed E-state index contributed by atoms with van der Waals surface area (Å²) in [5.74, 6) is 0. The van der Waals surface area contributed by atoms with Crippen molar-refractivity contribution in [2.45, 2.75) is 0 Å². The van der Waals surface area contributed by atoms with Crippen LogP contribution in [0.1, 0.15) is 0 Å². The third kappa shape index (κ3) is 5.12. The molecule has 0 radical (unpaired) electrons. The van der Waals surface area contributed by atoms with Gasteiger partial charge in [-0.1, -0.05) is 158 Å². The van der Waals surface area contributed by atoms with Gasteiger partial charge in [-0.25, -0.2) is 0 Å². The summed E-state index contributed by atoms with van der Waals surface area (Å²) in [4.78, 5) is 2.36. The summed E-state index contributed by atoms with van der Waals surface area (Å²) in [5.41, 5.74) is 12.0. The van der Waals surface area contributed by atoms with Crippen molar-refractivity contribution < 1.29 is 4.42 Å². The molecule has 0 N–H and O–H groups in total. The van der Waals surface area contributed by atoms with Crippen LogP contribution in [0.25, 0.3) is 76.9 Å². The van der Waals surface area contributed by atoms with Crippen molar-refractivity contribution in [1.29, 1.82) is 0 Å². The van der Waals surface area contributed by atoms with Crippen molar-refractivity contribution in [3.8, 4) is 33.4 Å². The summed E-state index contributed by atoms with van der Waals surface area (Å²) < 4.78 is 6.70. The Morgan fingerprint density at radius 2 is 0.923 bits per heavy atom. The molecule has 0 spiro atoms. The molecule has 9 aromatic carbocycles. The van der Waals surface area contributed by atoms with E-state index in [2.05, 4.69) is 205 Å². The minimum atomic E-state index is 0.862. The minimum absolute atomic E-state index is 0.862. The van der Waals surface area contributed by atoms with Crippen LogP contribution in [-0.2, 0) is 0 Å². The predicted molar refractivity (Wildman–Crippen MR) is 220 cm³/mol. The Morgan fingerprint density at radius 3 is 1.73 bits per heavy atom. The van der Waals surface area contributed by atoms with Crippen molar-refractivity contribution in [1.82, 2.24) is 0 Å². The second-order valence-corrected chi connectivity index (χ2v) is 13.3. The highest BCUT2D eigenvalue weighted by Gasteiger charge is 2.21. The van der Waals surface area contributed by atoms with E-state index in [1.807, 2.05) is 0 Å². The first kappa shape index (κ1) is 30.0. The van der Waals surface area contributed by atoms with Crippen molar-refractivity contribution in [2.75, 3.05) is 4.90 Å². The molecule has 2 nitrogen and oxygen atoms in total. The summed E-state index contributed by atoms with van der Waals surface area (Å²) in [6, 6.07) is 71.6. The molecule has 244 valence electrons. The molecular formula is C50H33NO. The van der Waals surface area contributed by atoms with Gasteiger partial charge in [0.1, 0.15) is 11.2 Å². The van der Waals surface area contributed by atoms with E-state index in [9.17, 15) is 0 Å². The van der Waals surface area contributed by atoms with Crippen LogP contribution in [-0.4, -0.2) is 0 Å². The molecule has 10 rings (SSSR count). The van der Waals surface area contributed by atoms with Crippen molar-refractivity contribution in [2.24, 2.45) is 0 Å². The highest BCUT2D eigenvalue weighted by atomic mass is 16.3. The molecule has 0 saturated heterocycles. The highest BCUT2D eigenvalue weighted by molar-refractivity contribution is 6.16. The first-order valence-corrected chi connectivity index (χ1v) is 17.8. The standard InChI is InChI=1S/C50H33NO/c1-2-12-37(13-3-1)45-19-9-20-46-49-47(21-10-22-48(49)52-50(45)46)51(41-29-25-35(26-30-41)40-24-23-34-11-4-5-15-39(34)33-40)42-31-27-38(28-32-42)44-18-8-16-36-14-6-7-17-43(36)44/h1-33H. The maximum Gasteiger partial charge on any atom is 0.143 e. The van der Waals surface area contributed by atoms with Gasteiger partial charge in [0.15, 0.2) is 0 Å². The monoisotopic (exact) mass is 663 g/mol. The third-order valence-corrected chi connectivity index (χ3v) is 10.3. The average Bonchev–Trinajstić information content (AvgIpc) is 3.61. The molecule has 0 bridgehead atoms. The Labute approximate surface area is 302 Å². The van der Waals surface area contributed by atoms with Crippen molar-refractivity contribution in [3.05, 3.63) is 200 Å². The van der Waals surface area contributed by atoms with Crippen molar-refractivity contribution in [3.63, 3.8) is 0 Å². The second-order valence-electron chi connectivity index (χ2n) is 13.3. The van der Waals surface area contributed by atoms with Gasteiger partial charge in [0.25, 0.3) is 0 Å². The lowest BCUT2D eigenvalue weighted by Crippen LogP contribution is -2.10. The Kier molecular flexibility index (Phi) is 7.18. The van der Waals surface area contributed by atoms with Crippen LogP contribution < -0.4 is 4.90 Å². The smallest absolute Gasteiger partial charge is 0.143 e. The van der Waals surface area contributed by atoms with E-state index in [1.54, 1.807) is 0 Å². The third-order valence-electron chi connectivity index (χ3n) is 10.3. The van der Waals surface area contributed by atoms with Crippen LogP contribution in [0.15, 0.2) is 205 Å². The fourth-order valence-corrected chi connectivity index (χ4v) is 7.73. The molecule has 0 unspecified atom stereocenters. The van der Waals surface area contributed by atoms with Gasteiger partial charge in [-0.15, -0.1) is 0 Å². The van der Waals surface area contributed by atoms with E-state index in [0.717, 1.165) is 50.1 Å². The van der Waals surface area contributed by atoms with Crippen LogP contribution in [0.3, 0.4) is 0 Å². The lowest BCUT2D eigenvalue weighted by atomic mass is 9.97. The zero-order chi connectivity index (χ0) is 34.4. The summed E-state index contributed by atoms with van der Waals surface area (Å²) in [6.45, 7) is 0. The maximum atomic E-state index is 6.70. The van der Waals surface area contributed by atoms with Crippen LogP contribution in [0.2, 0.25) is 0 Å². The first-order chi connectivity index (χ1) is 25.8. The summed E-state index contributed by atoms with van der Waals surface area (Å²) in [5, 5.41) is 7.17. The molecule has 1 heterocycles. The fourth-order valence-electron chi connectivity index (χ4n) is 7.73. The number of furan rings is 1. The Balaban J connectivity index is 1.14. The predicted octanol–water partition coefficient (Wildman–Crippen LogP) is 14.4. The molecule has 0 fully saturated rings. The summed E-state index contributed by atoms with van der Waals surface area (Å²) in [6.07, 6.45) is 0. The van der Waals surface area contributed by atoms with Gasteiger partial charge in [0.05, 0.1) is 11.1 Å². The summed E-state index contributed by atoms with van der Waals surface area (Å²) in [7, 11) is 0. The van der Waals surface area contributed by atoms with Gasteiger partial charge in [-0.2, -0.15) is 0 Å². The topological polar surface area (TPSA) is 16.4 Å². The molecule has 0 aliphatic carbocycles. The van der Waals surface area contributed by atoms with Gasteiger partial charge in [0.2, 0.25) is 0 Å². The molecule has 0 aliphatic rings. The number of nitrogens with zero attached hydrogens (tertiary/aromatic N) is 1. The quantitative estimate of drug-likeness (QED) is 0.176. The van der Waals surface area contributed by atoms with Crippen LogP contribution in [0, 0.1) is 0 Å². The number of hydrogen-bond donors (Lipinski definition) is 0. The largest absolute Gasteiger partial charge is 0.455 e. The number of para-hydroxylation sites is 1. The van der Waals surface area contributed by atoms with Crippen molar-refractivity contribution >= 4 is 60.5 Å². The first-order valence-electron chi connectivity index (χ1n) is 17.8. The van der Waals surface area contributed by atoms with Gasteiger partial charge < -0.3 is 9.32 Å². The minimum Gasteiger partial charge on any atom is -0.455 e. The molecule has 2 heteroatoms. The molecule has 52 heavy (non-hydrogen) atoms. The number of hydrogen-bond acceptors (Lipinski definition) is 2. The fraction of sp³-hybridized carbons (Fsp3) is 0. The van der Waals surface area contributed by atoms with Crippen LogP contribution >= 0.6 is 0 Å². The van der Waals surface area contributed by atoms with Gasteiger partial charge >= 0.3 is 0 Å². The van der Waals surface area contributed by atoms with E-state index in [1.165, 1.54) is 43.8 Å². The molecule has 0 aliphatic heterocycles. The van der Waals surface area contributed by atoms with Gasteiger partial charge in [0, 0.05) is 22.3 Å². The Bertz CT molecular complexity index is 2880. The van der Waals surface area contributed by atoms with Crippen LogP contribution in [0.4, 0.5) is 17.1 Å². The SMILES string of the molecule is c1ccc(-c2cccc3c2oc2cccc(N(c4ccc(-c5ccc6ccccc6c5)cc4)c4ccc(-c5cccc6ccccc56)cc4)c23)cc1. The summed E-state index contributed by atoms with van der Waals surface area (Å²) >= 11 is 0. The number of rotatable bonds is 6. The zero-order valence-corrected chi connectivity index (χ0v) is 28.4. The van der Waals surface area contributed by atoms with Gasteiger partial charge in [-0.3, -0.25) is 0 Å². The second kappa shape index (κ2) is 12.5. The van der Waals surface area contributed by atoms with Crippen LogP contribution in [0.5, 0.6) is 0 Å². The van der Waals surface area contributed by atoms with E-state index in [4.69, 9.17) is 4.42 Å². The van der Waals surface area contributed by atoms with E-state index >= 15 is 0 Å². The highest BCUT2D eigenvalue weighted by Crippen LogP contribution is 2.45. The maximum absolute atomic E-state index is 6.70. The normalized spacial score (nSPS) is 11.5. The molecule has 0 atom stereocenters. The van der Waals surface area contributed by atoms with Gasteiger partial charge in [-0.05, 0) is 91.8 Å². The average molecular weight is 664 g/mol. The lowest BCUT2D eigenvalue weighted by molar-refractivity contribution is 0.670. The Hall–Kier alpha value is -6.90. The van der Waals surface area contributed by atoms with E-state index < -0.39 is 0 Å². The van der Waals surface area contributed by atoms with E-state index in [-0.39, 0.29) is 0 Å². The lowest BCUT2D eigenvalue weighted by Gasteiger charge is -2.26. The number of anilines is 3. The number of benzene rings is 9. The molecular weight excluding hydrogens is 631 g/mol. The zero-order valence-electron chi connectivity index (χ0n) is 28.4.